The lowest BCUT2D eigenvalue weighted by Gasteiger charge is -2.26. The number of nitrogens with one attached hydrogen (secondary N) is 1. The van der Waals surface area contributed by atoms with Crippen LogP contribution < -0.4 is 4.90 Å². The van der Waals surface area contributed by atoms with Crippen LogP contribution in [-0.4, -0.2) is 12.9 Å². The molecule has 1 aromatic carbocycles. The largest absolute Gasteiger partial charge is 0.333 e. The summed E-state index contributed by atoms with van der Waals surface area (Å²) < 4.78 is 0. The minimum atomic E-state index is 0.473. The molecule has 0 bridgehead atoms. The van der Waals surface area contributed by atoms with Crippen LogP contribution in [0.4, 0.5) is 5.69 Å². The van der Waals surface area contributed by atoms with E-state index in [0.29, 0.717) is 5.92 Å². The Kier molecular flexibility index (Phi) is 3.51. The van der Waals surface area contributed by atoms with E-state index in [1.807, 2.05) is 7.05 Å². The van der Waals surface area contributed by atoms with Crippen LogP contribution in [0.5, 0.6) is 0 Å². The lowest BCUT2D eigenvalue weighted by molar-refractivity contribution is 0.710. The molecule has 1 N–H and O–H groups in total. The van der Waals surface area contributed by atoms with E-state index in [1.165, 1.54) is 42.5 Å². The van der Waals surface area contributed by atoms with Crippen LogP contribution in [0.25, 0.3) is 0 Å². The fraction of sp³-hybridized carbons (Fsp3) is 0.533. The number of nitrogens with zero attached hydrogens (tertiary/aromatic N) is 1. The SMILES string of the molecule is Cc1ccc(N(C)C(=N)C2CCCC2)c(C)c1. The van der Waals surface area contributed by atoms with Crippen molar-refractivity contribution < 1.29 is 0 Å². The molecule has 1 aromatic rings. The molecule has 2 nitrogen and oxygen atoms in total. The fourth-order valence-electron chi connectivity index (χ4n) is 2.78. The lowest BCUT2D eigenvalue weighted by Crippen LogP contribution is -2.31. The Labute approximate surface area is 104 Å². The van der Waals surface area contributed by atoms with Crippen molar-refractivity contribution in [2.24, 2.45) is 5.92 Å². The van der Waals surface area contributed by atoms with Gasteiger partial charge in [0.05, 0.1) is 0 Å². The maximum absolute atomic E-state index is 8.31. The molecule has 1 saturated carbocycles. The Morgan fingerprint density at radius 1 is 1.24 bits per heavy atom. The standard InChI is InChI=1S/C15H22N2/c1-11-8-9-14(12(2)10-11)17(3)15(16)13-6-4-5-7-13/h8-10,13,16H,4-7H2,1-3H3. The first-order valence-corrected chi connectivity index (χ1v) is 6.49. The first-order valence-electron chi connectivity index (χ1n) is 6.49. The second kappa shape index (κ2) is 4.91. The first-order chi connectivity index (χ1) is 8.09. The molecule has 92 valence electrons. The molecular formula is C15H22N2. The molecule has 0 saturated heterocycles. The van der Waals surface area contributed by atoms with Gasteiger partial charge in [0.2, 0.25) is 0 Å². The summed E-state index contributed by atoms with van der Waals surface area (Å²) in [6.45, 7) is 4.24. The van der Waals surface area contributed by atoms with E-state index in [4.69, 9.17) is 5.41 Å². The van der Waals surface area contributed by atoms with Crippen LogP contribution in [0.2, 0.25) is 0 Å². The number of benzene rings is 1. The van der Waals surface area contributed by atoms with Gasteiger partial charge in [-0.05, 0) is 38.3 Å². The highest BCUT2D eigenvalue weighted by Crippen LogP contribution is 2.29. The van der Waals surface area contributed by atoms with E-state index in [2.05, 4.69) is 36.9 Å². The average Bonchev–Trinajstić information content (AvgIpc) is 2.80. The highest BCUT2D eigenvalue weighted by atomic mass is 15.1. The summed E-state index contributed by atoms with van der Waals surface area (Å²) in [5, 5.41) is 8.31. The molecular weight excluding hydrogens is 208 g/mol. The minimum absolute atomic E-state index is 0.473. The first kappa shape index (κ1) is 12.2. The van der Waals surface area contributed by atoms with Gasteiger partial charge in [0.25, 0.3) is 0 Å². The summed E-state index contributed by atoms with van der Waals surface area (Å²) in [5.41, 5.74) is 3.72. The van der Waals surface area contributed by atoms with E-state index in [9.17, 15) is 0 Å². The van der Waals surface area contributed by atoms with Crippen molar-refractivity contribution in [3.63, 3.8) is 0 Å². The topological polar surface area (TPSA) is 27.1 Å². The van der Waals surface area contributed by atoms with Crippen LogP contribution in [-0.2, 0) is 0 Å². The predicted octanol–water partition coefficient (Wildman–Crippen LogP) is 3.91. The van der Waals surface area contributed by atoms with Crippen molar-refractivity contribution >= 4 is 11.5 Å². The second-order valence-corrected chi connectivity index (χ2v) is 5.22. The third-order valence-corrected chi connectivity index (χ3v) is 3.82. The van der Waals surface area contributed by atoms with E-state index < -0.39 is 0 Å². The van der Waals surface area contributed by atoms with Gasteiger partial charge >= 0.3 is 0 Å². The van der Waals surface area contributed by atoms with E-state index in [0.717, 1.165) is 5.84 Å². The van der Waals surface area contributed by atoms with Crippen molar-refractivity contribution in [3.05, 3.63) is 29.3 Å². The summed E-state index contributed by atoms with van der Waals surface area (Å²) in [6.07, 6.45) is 4.95. The van der Waals surface area contributed by atoms with Gasteiger partial charge in [0, 0.05) is 18.7 Å². The van der Waals surface area contributed by atoms with Crippen molar-refractivity contribution in [3.8, 4) is 0 Å². The van der Waals surface area contributed by atoms with Gasteiger partial charge in [-0.3, -0.25) is 5.41 Å². The minimum Gasteiger partial charge on any atom is -0.333 e. The van der Waals surface area contributed by atoms with Crippen molar-refractivity contribution in [1.29, 1.82) is 5.41 Å². The van der Waals surface area contributed by atoms with Crippen molar-refractivity contribution in [1.82, 2.24) is 0 Å². The normalized spacial score (nSPS) is 16.2. The average molecular weight is 230 g/mol. The predicted molar refractivity (Wildman–Crippen MR) is 74.0 cm³/mol. The van der Waals surface area contributed by atoms with Gasteiger partial charge in [-0.15, -0.1) is 0 Å². The monoisotopic (exact) mass is 230 g/mol. The van der Waals surface area contributed by atoms with Gasteiger partial charge < -0.3 is 4.90 Å². The number of hydrogen-bond acceptors (Lipinski definition) is 1. The zero-order chi connectivity index (χ0) is 12.4. The molecule has 0 amide bonds. The molecule has 1 aliphatic carbocycles. The van der Waals surface area contributed by atoms with Crippen molar-refractivity contribution in [2.75, 3.05) is 11.9 Å². The molecule has 0 aliphatic heterocycles. The Morgan fingerprint density at radius 2 is 1.88 bits per heavy atom. The van der Waals surface area contributed by atoms with Gasteiger partial charge in [-0.2, -0.15) is 0 Å². The lowest BCUT2D eigenvalue weighted by atomic mass is 10.0. The molecule has 1 aliphatic rings. The number of aryl methyl sites for hydroxylation is 2. The Bertz CT molecular complexity index is 417. The number of hydrogen-bond donors (Lipinski definition) is 1. The van der Waals surface area contributed by atoms with Crippen molar-refractivity contribution in [2.45, 2.75) is 39.5 Å². The van der Waals surface area contributed by atoms with E-state index >= 15 is 0 Å². The van der Waals surface area contributed by atoms with Crippen LogP contribution in [0, 0.1) is 25.2 Å². The van der Waals surface area contributed by atoms with Crippen LogP contribution >= 0.6 is 0 Å². The number of amidine groups is 1. The zero-order valence-corrected chi connectivity index (χ0v) is 11.1. The Balaban J connectivity index is 2.18. The van der Waals surface area contributed by atoms with Crippen LogP contribution in [0.3, 0.4) is 0 Å². The summed E-state index contributed by atoms with van der Waals surface area (Å²) in [4.78, 5) is 2.06. The maximum atomic E-state index is 8.31. The molecule has 17 heavy (non-hydrogen) atoms. The number of anilines is 1. The Morgan fingerprint density at radius 3 is 2.47 bits per heavy atom. The molecule has 2 rings (SSSR count). The molecule has 0 heterocycles. The summed E-state index contributed by atoms with van der Waals surface area (Å²) in [5.74, 6) is 1.26. The fourth-order valence-corrected chi connectivity index (χ4v) is 2.78. The summed E-state index contributed by atoms with van der Waals surface area (Å²) in [6, 6.07) is 6.45. The van der Waals surface area contributed by atoms with Gasteiger partial charge in [-0.25, -0.2) is 0 Å². The van der Waals surface area contributed by atoms with Gasteiger partial charge in [-0.1, -0.05) is 30.5 Å². The molecule has 0 spiro atoms. The van der Waals surface area contributed by atoms with E-state index in [-0.39, 0.29) is 0 Å². The molecule has 2 heteroatoms. The van der Waals surface area contributed by atoms with Crippen LogP contribution in [0.15, 0.2) is 18.2 Å². The maximum Gasteiger partial charge on any atom is 0.103 e. The molecule has 0 atom stereocenters. The van der Waals surface area contributed by atoms with E-state index in [1.54, 1.807) is 0 Å². The van der Waals surface area contributed by atoms with Gasteiger partial charge in [0.15, 0.2) is 0 Å². The Hall–Kier alpha value is -1.31. The quantitative estimate of drug-likeness (QED) is 0.605. The smallest absolute Gasteiger partial charge is 0.103 e. The molecule has 0 unspecified atom stereocenters. The zero-order valence-electron chi connectivity index (χ0n) is 11.1. The third kappa shape index (κ3) is 2.51. The van der Waals surface area contributed by atoms with Crippen LogP contribution in [0.1, 0.15) is 36.8 Å². The third-order valence-electron chi connectivity index (χ3n) is 3.82. The highest BCUT2D eigenvalue weighted by Gasteiger charge is 2.23. The summed E-state index contributed by atoms with van der Waals surface area (Å²) >= 11 is 0. The molecule has 1 fully saturated rings. The molecule has 0 aromatic heterocycles. The second-order valence-electron chi connectivity index (χ2n) is 5.22. The summed E-state index contributed by atoms with van der Waals surface area (Å²) in [7, 11) is 2.03. The highest BCUT2D eigenvalue weighted by molar-refractivity contribution is 5.97. The van der Waals surface area contributed by atoms with Gasteiger partial charge in [0.1, 0.15) is 5.84 Å². The molecule has 0 radical (unpaired) electrons. The number of rotatable bonds is 2.